The number of nitrogens with zero attached hydrogens (tertiary/aromatic N) is 1. The molecule has 2 rings (SSSR count). The first-order chi connectivity index (χ1) is 18.8. The molecular weight excluding hydrogens is 518 g/mol. The summed E-state index contributed by atoms with van der Waals surface area (Å²) in [5.74, 6) is 0.352. The Balaban J connectivity index is 1.57. The van der Waals surface area contributed by atoms with Gasteiger partial charge in [0.15, 0.2) is 6.29 Å². The third kappa shape index (κ3) is 11.6. The fourth-order valence-electron chi connectivity index (χ4n) is 5.59. The van der Waals surface area contributed by atoms with E-state index in [0.717, 1.165) is 38.6 Å². The van der Waals surface area contributed by atoms with Gasteiger partial charge in [0, 0.05) is 45.5 Å². The predicted molar refractivity (Wildman–Crippen MR) is 150 cm³/mol. The summed E-state index contributed by atoms with van der Waals surface area (Å²) in [7, 11) is 0. The van der Waals surface area contributed by atoms with E-state index in [2.05, 4.69) is 43.2 Å². The van der Waals surface area contributed by atoms with Gasteiger partial charge >= 0.3 is 0 Å². The topological polar surface area (TPSA) is 158 Å². The predicted octanol–water partition coefficient (Wildman–Crippen LogP) is 1.47. The van der Waals surface area contributed by atoms with Crippen molar-refractivity contribution in [3.63, 3.8) is 0 Å². The van der Waals surface area contributed by atoms with Crippen LogP contribution in [0.5, 0.6) is 0 Å². The maximum Gasteiger partial charge on any atom is 0.222 e. The molecule has 2 aliphatic heterocycles. The molecule has 232 valence electrons. The Hall–Kier alpha value is -1.79. The Kier molecular flexibility index (Phi) is 14.3. The highest BCUT2D eigenvalue weighted by Gasteiger charge is 2.45. The van der Waals surface area contributed by atoms with Crippen LogP contribution in [0.15, 0.2) is 0 Å². The van der Waals surface area contributed by atoms with Crippen molar-refractivity contribution in [2.45, 2.75) is 129 Å². The summed E-state index contributed by atoms with van der Waals surface area (Å²) in [6.45, 7) is 11.3. The zero-order chi connectivity index (χ0) is 29.9. The van der Waals surface area contributed by atoms with Crippen molar-refractivity contribution in [2.75, 3.05) is 26.3 Å². The number of amides is 3. The largest absolute Gasteiger partial charge is 0.394 e. The fraction of sp³-hybridized carbons (Fsp3) is 0.897. The average Bonchev–Trinajstić information content (AvgIpc) is 3.22. The molecule has 40 heavy (non-hydrogen) atoms. The molecule has 2 fully saturated rings. The second-order valence-corrected chi connectivity index (χ2v) is 12.7. The highest BCUT2D eigenvalue weighted by Crippen LogP contribution is 2.33. The van der Waals surface area contributed by atoms with Gasteiger partial charge in [-0.15, -0.1) is 0 Å². The van der Waals surface area contributed by atoms with Crippen molar-refractivity contribution >= 4 is 17.7 Å². The number of nitrogens with one attached hydrogen (secondary N) is 2. The van der Waals surface area contributed by atoms with E-state index < -0.39 is 43.2 Å². The van der Waals surface area contributed by atoms with Gasteiger partial charge in [-0.2, -0.15) is 0 Å². The standard InChI is InChI=1S/C29H53N3O8/c1-19-15-21(16-29(3,4)5)32(17-19)24(36)12-7-6-9-13-30-23(35)11-8-10-14-39-28-25(31-20(2)34)27(38)26(37)22(18-33)40-28/h19,21-22,25-28,33,37-38H,6-18H2,1-5H3,(H,30,35)(H,31,34)/t19?,21-,22?,25?,26?,27?,28?/m0/s1. The van der Waals surface area contributed by atoms with E-state index in [1.807, 2.05) is 0 Å². The Morgan fingerprint density at radius 1 is 1.02 bits per heavy atom. The van der Waals surface area contributed by atoms with Crippen LogP contribution in [0.1, 0.15) is 92.4 Å². The number of hydrogen-bond acceptors (Lipinski definition) is 8. The number of rotatable bonds is 15. The quantitative estimate of drug-likeness (QED) is 0.185. The Morgan fingerprint density at radius 2 is 1.73 bits per heavy atom. The molecule has 5 N–H and O–H groups in total. The molecule has 2 saturated heterocycles. The van der Waals surface area contributed by atoms with Gasteiger partial charge in [-0.3, -0.25) is 14.4 Å². The lowest BCUT2D eigenvalue weighted by molar-refractivity contribution is -0.270. The maximum atomic E-state index is 12.8. The van der Waals surface area contributed by atoms with Crippen LogP contribution in [0.4, 0.5) is 0 Å². The van der Waals surface area contributed by atoms with Gasteiger partial charge in [0.2, 0.25) is 17.7 Å². The van der Waals surface area contributed by atoms with E-state index in [-0.39, 0.29) is 23.8 Å². The minimum absolute atomic E-state index is 0.0453. The minimum atomic E-state index is -1.36. The molecule has 11 nitrogen and oxygen atoms in total. The lowest BCUT2D eigenvalue weighted by Crippen LogP contribution is -2.64. The van der Waals surface area contributed by atoms with Crippen LogP contribution in [-0.2, 0) is 23.9 Å². The second kappa shape index (κ2) is 16.6. The molecule has 7 atom stereocenters. The number of hydrogen-bond donors (Lipinski definition) is 5. The second-order valence-electron chi connectivity index (χ2n) is 12.7. The van der Waals surface area contributed by atoms with Crippen molar-refractivity contribution in [1.82, 2.24) is 15.5 Å². The monoisotopic (exact) mass is 571 g/mol. The Bertz CT molecular complexity index is 805. The summed E-state index contributed by atoms with van der Waals surface area (Å²) in [5, 5.41) is 35.2. The number of unbranched alkanes of at least 4 members (excludes halogenated alkanes) is 3. The smallest absolute Gasteiger partial charge is 0.222 e. The number of aliphatic hydroxyl groups is 3. The summed E-state index contributed by atoms with van der Waals surface area (Å²) in [6, 6.07) is -0.629. The van der Waals surface area contributed by atoms with Crippen LogP contribution >= 0.6 is 0 Å². The van der Waals surface area contributed by atoms with Gasteiger partial charge in [-0.25, -0.2) is 0 Å². The molecule has 0 aromatic carbocycles. The average molecular weight is 572 g/mol. The van der Waals surface area contributed by atoms with Gasteiger partial charge in [0.25, 0.3) is 0 Å². The fourth-order valence-corrected chi connectivity index (χ4v) is 5.59. The van der Waals surface area contributed by atoms with E-state index in [0.29, 0.717) is 44.2 Å². The van der Waals surface area contributed by atoms with E-state index in [1.165, 1.54) is 6.92 Å². The first kappa shape index (κ1) is 34.4. The van der Waals surface area contributed by atoms with Crippen molar-refractivity contribution in [3.05, 3.63) is 0 Å². The molecule has 0 bridgehead atoms. The number of carbonyl (C=O) groups excluding carboxylic acids is 3. The zero-order valence-corrected chi connectivity index (χ0v) is 25.1. The van der Waals surface area contributed by atoms with E-state index in [1.54, 1.807) is 0 Å². The first-order valence-corrected chi connectivity index (χ1v) is 14.9. The van der Waals surface area contributed by atoms with Crippen LogP contribution in [0.2, 0.25) is 0 Å². The number of carbonyl (C=O) groups is 3. The molecule has 0 spiro atoms. The summed E-state index contributed by atoms with van der Waals surface area (Å²) < 4.78 is 11.2. The minimum Gasteiger partial charge on any atom is -0.394 e. The summed E-state index contributed by atoms with van der Waals surface area (Å²) in [6.07, 6.45) is 1.93. The molecule has 0 aromatic heterocycles. The number of ether oxygens (including phenoxy) is 2. The third-order valence-electron chi connectivity index (χ3n) is 7.51. The van der Waals surface area contributed by atoms with E-state index >= 15 is 0 Å². The van der Waals surface area contributed by atoms with Crippen LogP contribution in [0.25, 0.3) is 0 Å². The van der Waals surface area contributed by atoms with Crippen LogP contribution in [0, 0.1) is 11.3 Å². The van der Waals surface area contributed by atoms with Crippen molar-refractivity contribution in [2.24, 2.45) is 11.3 Å². The van der Waals surface area contributed by atoms with E-state index in [9.17, 15) is 29.7 Å². The molecular formula is C29H53N3O8. The summed E-state index contributed by atoms with van der Waals surface area (Å²) in [5.41, 5.74) is 0.205. The normalized spacial score (nSPS) is 28.9. The van der Waals surface area contributed by atoms with Crippen LogP contribution < -0.4 is 10.6 Å². The Morgan fingerprint density at radius 3 is 2.38 bits per heavy atom. The molecule has 0 aliphatic carbocycles. The van der Waals surface area contributed by atoms with Gasteiger partial charge in [-0.05, 0) is 49.9 Å². The lowest BCUT2D eigenvalue weighted by Gasteiger charge is -2.42. The Labute approximate surface area is 239 Å². The molecule has 0 saturated carbocycles. The highest BCUT2D eigenvalue weighted by atomic mass is 16.7. The molecule has 2 heterocycles. The summed E-state index contributed by atoms with van der Waals surface area (Å²) >= 11 is 0. The zero-order valence-electron chi connectivity index (χ0n) is 25.1. The van der Waals surface area contributed by atoms with Crippen LogP contribution in [-0.4, -0.2) is 101 Å². The number of likely N-dealkylation sites (tertiary alicyclic amines) is 1. The third-order valence-corrected chi connectivity index (χ3v) is 7.51. The van der Waals surface area contributed by atoms with Crippen molar-refractivity contribution in [3.8, 4) is 0 Å². The van der Waals surface area contributed by atoms with Crippen LogP contribution in [0.3, 0.4) is 0 Å². The molecule has 0 radical (unpaired) electrons. The van der Waals surface area contributed by atoms with Gasteiger partial charge in [0.1, 0.15) is 24.4 Å². The van der Waals surface area contributed by atoms with Gasteiger partial charge in [0.05, 0.1) is 6.61 Å². The molecule has 11 heteroatoms. The maximum absolute atomic E-state index is 12.8. The van der Waals surface area contributed by atoms with Gasteiger partial charge < -0.3 is 40.3 Å². The lowest BCUT2D eigenvalue weighted by atomic mass is 9.86. The molecule has 6 unspecified atom stereocenters. The highest BCUT2D eigenvalue weighted by molar-refractivity contribution is 5.77. The molecule has 0 aromatic rings. The van der Waals surface area contributed by atoms with Crippen molar-refractivity contribution < 1.29 is 39.2 Å². The van der Waals surface area contributed by atoms with E-state index in [4.69, 9.17) is 9.47 Å². The molecule has 3 amide bonds. The summed E-state index contributed by atoms with van der Waals surface area (Å²) in [4.78, 5) is 38.6. The first-order valence-electron chi connectivity index (χ1n) is 14.9. The van der Waals surface area contributed by atoms with Crippen molar-refractivity contribution in [1.29, 1.82) is 0 Å². The van der Waals surface area contributed by atoms with Gasteiger partial charge in [-0.1, -0.05) is 34.1 Å². The molecule has 2 aliphatic rings. The SMILES string of the molecule is CC(=O)NC1C(OCCCCC(=O)NCCCCCC(=O)N2CC(C)C[C@H]2CC(C)(C)C)OC(CO)C(O)C1O. The number of aliphatic hydroxyl groups excluding tert-OH is 3.